The summed E-state index contributed by atoms with van der Waals surface area (Å²) in [4.78, 5) is 25.2. The summed E-state index contributed by atoms with van der Waals surface area (Å²) < 4.78 is 16.5. The number of rotatable bonds is 10. The van der Waals surface area contributed by atoms with Crippen molar-refractivity contribution in [3.63, 3.8) is 0 Å². The number of hydrogen-bond acceptors (Lipinski definition) is 13. The summed E-state index contributed by atoms with van der Waals surface area (Å²) in [6.45, 7) is 1.61. The molecule has 15 nitrogen and oxygen atoms in total. The van der Waals surface area contributed by atoms with Gasteiger partial charge < -0.3 is 50.0 Å². The molecule has 11 atom stereocenters. The van der Waals surface area contributed by atoms with Gasteiger partial charge in [0.1, 0.15) is 48.8 Å². The van der Waals surface area contributed by atoms with Crippen LogP contribution in [-0.2, 0) is 14.2 Å². The fraction of sp³-hybridized carbons (Fsp3) is 0.947. The predicted octanol–water partition coefficient (Wildman–Crippen LogP) is -2.95. The van der Waals surface area contributed by atoms with E-state index < -0.39 is 86.6 Å². The Bertz CT molecular complexity index is 691. The Balaban J connectivity index is 2.29. The van der Waals surface area contributed by atoms with Crippen LogP contribution in [0, 0.1) is 4.91 Å². The van der Waals surface area contributed by atoms with Crippen molar-refractivity contribution in [3.8, 4) is 0 Å². The van der Waals surface area contributed by atoms with Crippen molar-refractivity contribution < 1.29 is 54.8 Å². The molecule has 0 aromatic rings. The molecule has 0 aromatic heterocycles. The zero-order chi connectivity index (χ0) is 26.4. The van der Waals surface area contributed by atoms with Gasteiger partial charge in [0.15, 0.2) is 12.5 Å². The van der Waals surface area contributed by atoms with Crippen molar-refractivity contribution in [1.29, 1.82) is 0 Å². The molecule has 7 N–H and O–H groups in total. The lowest BCUT2D eigenvalue weighted by molar-refractivity contribution is -0.348. The molecule has 2 aliphatic heterocycles. The first-order valence-electron chi connectivity index (χ1n) is 11.1. The van der Waals surface area contributed by atoms with Gasteiger partial charge in [0.05, 0.1) is 25.0 Å². The summed E-state index contributed by atoms with van der Waals surface area (Å²) in [5.74, 6) is -0.100. The lowest BCUT2D eigenvalue weighted by Gasteiger charge is -2.49. The summed E-state index contributed by atoms with van der Waals surface area (Å²) in [6, 6.07) is -1.56. The molecule has 16 heteroatoms. The fourth-order valence-corrected chi connectivity index (χ4v) is 4.09. The smallest absolute Gasteiger partial charge is 0.345 e. The molecule has 2 amide bonds. The van der Waals surface area contributed by atoms with Crippen LogP contribution in [0.2, 0.25) is 0 Å². The molecule has 2 aliphatic rings. The molecule has 35 heavy (non-hydrogen) atoms. The van der Waals surface area contributed by atoms with Crippen LogP contribution < -0.4 is 0 Å². The van der Waals surface area contributed by atoms with Crippen LogP contribution in [0.25, 0.3) is 0 Å². The number of halogens is 1. The molecule has 0 saturated carbocycles. The molecule has 0 spiro atoms. The lowest BCUT2D eigenvalue weighted by atomic mass is 9.95. The Morgan fingerprint density at radius 3 is 2.14 bits per heavy atom. The van der Waals surface area contributed by atoms with Gasteiger partial charge in [0, 0.05) is 11.9 Å². The van der Waals surface area contributed by atoms with E-state index in [1.165, 1.54) is 0 Å². The number of carbonyl (C=O) groups excluding carboxylic acids is 1. The average molecular weight is 532 g/mol. The summed E-state index contributed by atoms with van der Waals surface area (Å²) >= 11 is 5.62. The molecule has 0 bridgehead atoms. The highest BCUT2D eigenvalue weighted by Crippen LogP contribution is 2.31. The van der Waals surface area contributed by atoms with Crippen molar-refractivity contribution >= 4 is 17.6 Å². The summed E-state index contributed by atoms with van der Waals surface area (Å²) in [6.07, 6.45) is -15.9. The minimum Gasteiger partial charge on any atom is -0.394 e. The van der Waals surface area contributed by atoms with Gasteiger partial charge in [-0.2, -0.15) is 5.01 Å². The van der Waals surface area contributed by atoms with Crippen LogP contribution in [0.15, 0.2) is 5.29 Å². The van der Waals surface area contributed by atoms with E-state index in [2.05, 4.69) is 5.29 Å². The Kier molecular flexibility index (Phi) is 11.4. The molecular formula is C19H34ClN3O12. The topological polar surface area (TPSA) is 222 Å². The van der Waals surface area contributed by atoms with Crippen molar-refractivity contribution in [3.05, 3.63) is 4.91 Å². The maximum Gasteiger partial charge on any atom is 0.345 e. The third-order valence-corrected chi connectivity index (χ3v) is 6.32. The van der Waals surface area contributed by atoms with E-state index in [-0.39, 0.29) is 12.4 Å². The Morgan fingerprint density at radius 2 is 1.63 bits per heavy atom. The maximum absolute atomic E-state index is 13.0. The molecule has 2 heterocycles. The van der Waals surface area contributed by atoms with Crippen LogP contribution in [0.5, 0.6) is 0 Å². The number of urea groups is 1. The number of aliphatic hydroxyl groups is 7. The fourth-order valence-electron chi connectivity index (χ4n) is 3.93. The van der Waals surface area contributed by atoms with Crippen LogP contribution in [-0.4, -0.2) is 145 Å². The average Bonchev–Trinajstić information content (AvgIpc) is 2.86. The molecule has 2 fully saturated rings. The van der Waals surface area contributed by atoms with E-state index in [1.807, 2.05) is 0 Å². The number of hydrogen-bond donors (Lipinski definition) is 7. The molecule has 0 radical (unpaired) electrons. The minimum atomic E-state index is -1.82. The quantitative estimate of drug-likeness (QED) is 0.0853. The molecule has 2 rings (SSSR count). The number of nitroso groups, excluding NO2 is 1. The normalized spacial score (nSPS) is 38.6. The zero-order valence-electron chi connectivity index (χ0n) is 19.3. The molecule has 204 valence electrons. The van der Waals surface area contributed by atoms with E-state index >= 15 is 0 Å². The number of alkyl halides is 1. The largest absolute Gasteiger partial charge is 0.394 e. The predicted molar refractivity (Wildman–Crippen MR) is 117 cm³/mol. The monoisotopic (exact) mass is 531 g/mol. The van der Waals surface area contributed by atoms with Crippen LogP contribution >= 0.6 is 11.6 Å². The van der Waals surface area contributed by atoms with E-state index in [1.54, 1.807) is 13.8 Å². The lowest BCUT2D eigenvalue weighted by Crippen LogP contribution is -2.68. The first kappa shape index (κ1) is 30.0. The molecule has 1 unspecified atom stereocenters. The zero-order valence-corrected chi connectivity index (χ0v) is 20.0. The van der Waals surface area contributed by atoms with Crippen molar-refractivity contribution in [2.24, 2.45) is 5.29 Å². The second-order valence-corrected chi connectivity index (χ2v) is 8.75. The summed E-state index contributed by atoms with van der Waals surface area (Å²) in [5.41, 5.74) is 0. The number of ether oxygens (including phenoxy) is 3. The van der Waals surface area contributed by atoms with Gasteiger partial charge >= 0.3 is 6.03 Å². The third kappa shape index (κ3) is 6.37. The van der Waals surface area contributed by atoms with Gasteiger partial charge in [-0.25, -0.2) is 4.79 Å². The van der Waals surface area contributed by atoms with E-state index in [0.717, 1.165) is 4.90 Å². The van der Waals surface area contributed by atoms with E-state index in [9.17, 15) is 45.4 Å². The molecule has 0 aromatic carbocycles. The molecular weight excluding hydrogens is 498 g/mol. The second-order valence-electron chi connectivity index (χ2n) is 8.37. The van der Waals surface area contributed by atoms with Crippen LogP contribution in [0.4, 0.5) is 4.79 Å². The van der Waals surface area contributed by atoms with Crippen molar-refractivity contribution in [2.45, 2.75) is 87.7 Å². The SMILES string of the molecule is CCC(C)N(C(=O)N(CCCl)N=O)[C@@H]1O[C@H](CO)[C@@H](O[C@H]2O[C@H](CO)[C@@H](O)[C@H](O)[C@H]2O)[C@H](O)[C@H]1O. The van der Waals surface area contributed by atoms with Gasteiger partial charge in [-0.1, -0.05) is 6.92 Å². The first-order chi connectivity index (χ1) is 16.6. The number of amides is 2. The van der Waals surface area contributed by atoms with Crippen LogP contribution in [0.1, 0.15) is 20.3 Å². The Hall–Kier alpha value is -1.24. The van der Waals surface area contributed by atoms with Crippen molar-refractivity contribution in [2.75, 3.05) is 25.6 Å². The van der Waals surface area contributed by atoms with Gasteiger partial charge in [-0.15, -0.1) is 16.5 Å². The number of aliphatic hydroxyl groups excluding tert-OH is 7. The Labute approximate surface area is 206 Å². The minimum absolute atomic E-state index is 0.100. The highest BCUT2D eigenvalue weighted by molar-refractivity contribution is 6.18. The molecule has 2 saturated heterocycles. The van der Waals surface area contributed by atoms with Gasteiger partial charge in [0.2, 0.25) is 0 Å². The highest BCUT2D eigenvalue weighted by atomic mass is 35.5. The standard InChI is InChI=1S/C19H34ClN3O12/c1-3-8(2)23(19(31)22(21-32)5-4-20)17-14(29)13(28)16(10(7-25)33-17)35-18-15(30)12(27)11(26)9(6-24)34-18/h8-18,24-30H,3-7H2,1-2H3/t8?,9-,10-,11-,12+,13-,14-,15-,16-,17-,18-/m1/s1. The third-order valence-electron chi connectivity index (χ3n) is 6.16. The van der Waals surface area contributed by atoms with Crippen molar-refractivity contribution in [1.82, 2.24) is 9.91 Å². The molecule has 0 aliphatic carbocycles. The Morgan fingerprint density at radius 1 is 1.00 bits per heavy atom. The second kappa shape index (κ2) is 13.3. The number of nitrogens with zero attached hydrogens (tertiary/aromatic N) is 3. The van der Waals surface area contributed by atoms with E-state index in [4.69, 9.17) is 25.8 Å². The number of carbonyl (C=O) groups is 1. The van der Waals surface area contributed by atoms with Crippen LogP contribution in [0.3, 0.4) is 0 Å². The van der Waals surface area contributed by atoms with Gasteiger partial charge in [-0.05, 0) is 13.3 Å². The highest BCUT2D eigenvalue weighted by Gasteiger charge is 2.52. The summed E-state index contributed by atoms with van der Waals surface area (Å²) in [5, 5.41) is 74.2. The van der Waals surface area contributed by atoms with Gasteiger partial charge in [-0.3, -0.25) is 4.90 Å². The summed E-state index contributed by atoms with van der Waals surface area (Å²) in [7, 11) is 0. The first-order valence-corrected chi connectivity index (χ1v) is 11.7. The van der Waals surface area contributed by atoms with Gasteiger partial charge in [0.25, 0.3) is 0 Å². The maximum atomic E-state index is 13.0. The van der Waals surface area contributed by atoms with E-state index in [0.29, 0.717) is 11.4 Å².